The predicted molar refractivity (Wildman–Crippen MR) is 423 cm³/mol. The fourth-order valence-corrected chi connectivity index (χ4v) is 15.9. The van der Waals surface area contributed by atoms with Crippen molar-refractivity contribution in [3.05, 3.63) is 367 Å². The second-order valence-electron chi connectivity index (χ2n) is 24.5. The number of fused-ring (bicyclic) bond motifs is 8. The zero-order valence-electron chi connectivity index (χ0n) is 52.8. The van der Waals surface area contributed by atoms with Gasteiger partial charge in [0.05, 0.1) is 0 Å². The Bertz CT molecular complexity index is 5400. The SMILES string of the molecule is Brc1c2ccccc2c(-c2c3ccccc3c(Br)c3ccccc23)c2ccccc12.OB(O)c1ccc(-c2ccccc2)cc1.c1ccc(-c2ccc(-c3c4ccccc4c(-c4c5ccccc5c(-c5ccc(-c6ccccc6)cc5)c5ccccc45)c4ccccc34)cc2)cc1. The van der Waals surface area contributed by atoms with Crippen LogP contribution in [0.25, 0.3) is 164 Å². The van der Waals surface area contributed by atoms with Crippen LogP contribution in [0.2, 0.25) is 0 Å². The van der Waals surface area contributed by atoms with E-state index < -0.39 is 7.12 Å². The highest BCUT2D eigenvalue weighted by atomic mass is 79.9. The Morgan fingerprint density at radius 3 is 0.526 bits per heavy atom. The van der Waals surface area contributed by atoms with Crippen molar-refractivity contribution in [2.45, 2.75) is 0 Å². The lowest BCUT2D eigenvalue weighted by atomic mass is 9.80. The summed E-state index contributed by atoms with van der Waals surface area (Å²) in [5, 5.41) is 38.0. The van der Waals surface area contributed by atoms with Crippen molar-refractivity contribution < 1.29 is 10.0 Å². The second kappa shape index (κ2) is 26.6. The Hall–Kier alpha value is -11.0. The molecule has 0 radical (unpaired) electrons. The standard InChI is InChI=1S/C52H34.C28H16Br2.C12H11BO2/c1-3-15-35(16-4-1)37-27-31-39(32-28-37)49-41-19-7-11-23-45(41)51(46-24-12-8-20-42(46)49)52-47-25-13-9-21-43(47)50(44-22-10-14-26-48(44)52)40-33-29-38(30-34-40)36-17-5-2-6-18-36;29-27-21-13-5-1-9-17(21)25(18-10-2-6-14-22(18)27)26-19-11-3-7-15-23(19)28(30)24-16-8-4-12-20(24)26;14-13(15)12-8-6-11(7-9-12)10-4-2-1-3-5-10/h1-34H;1-16H;1-9,14-15H. The highest BCUT2D eigenvalue weighted by Crippen LogP contribution is 2.52. The summed E-state index contributed by atoms with van der Waals surface area (Å²) in [6, 6.07) is 127. The average molecular weight is 1370 g/mol. The number of benzene rings is 18. The van der Waals surface area contributed by atoms with Crippen molar-refractivity contribution in [3.63, 3.8) is 0 Å². The molecule has 18 aromatic rings. The maximum Gasteiger partial charge on any atom is 0.488 e. The Morgan fingerprint density at radius 2 is 0.309 bits per heavy atom. The average Bonchev–Trinajstić information content (AvgIpc) is 0.728. The minimum absolute atomic E-state index is 0.509. The van der Waals surface area contributed by atoms with Gasteiger partial charge in [0.2, 0.25) is 0 Å². The van der Waals surface area contributed by atoms with E-state index in [1.807, 2.05) is 42.5 Å². The molecule has 97 heavy (non-hydrogen) atoms. The molecule has 0 aliphatic heterocycles. The lowest BCUT2D eigenvalue weighted by Gasteiger charge is -2.22. The zero-order valence-corrected chi connectivity index (χ0v) is 56.0. The Labute approximate surface area is 581 Å². The van der Waals surface area contributed by atoms with E-state index in [1.54, 1.807) is 12.1 Å². The van der Waals surface area contributed by atoms with Gasteiger partial charge >= 0.3 is 7.12 Å². The Morgan fingerprint density at radius 1 is 0.155 bits per heavy atom. The first-order valence-corrected chi connectivity index (χ1v) is 34.3. The molecule has 0 heterocycles. The summed E-state index contributed by atoms with van der Waals surface area (Å²) in [5.74, 6) is 0. The van der Waals surface area contributed by atoms with Crippen molar-refractivity contribution in [2.75, 3.05) is 0 Å². The molecule has 0 aliphatic carbocycles. The number of hydrogen-bond donors (Lipinski definition) is 2. The highest BCUT2D eigenvalue weighted by Gasteiger charge is 2.24. The third kappa shape index (κ3) is 11.4. The molecule has 0 atom stereocenters. The van der Waals surface area contributed by atoms with Gasteiger partial charge in [0.15, 0.2) is 0 Å². The number of halogens is 2. The molecule has 5 heteroatoms. The highest BCUT2D eigenvalue weighted by molar-refractivity contribution is 9.11. The zero-order chi connectivity index (χ0) is 65.3. The molecule has 0 aliphatic rings. The maximum atomic E-state index is 8.94. The van der Waals surface area contributed by atoms with Gasteiger partial charge in [-0.3, -0.25) is 0 Å². The number of hydrogen-bond acceptors (Lipinski definition) is 2. The monoisotopic (exact) mass is 1370 g/mol. The summed E-state index contributed by atoms with van der Waals surface area (Å²) in [6.45, 7) is 0. The molecule has 0 saturated heterocycles. The van der Waals surface area contributed by atoms with Crippen molar-refractivity contribution in [1.82, 2.24) is 0 Å². The summed E-state index contributed by atoms with van der Waals surface area (Å²) in [5.41, 5.74) is 17.8. The van der Waals surface area contributed by atoms with Gasteiger partial charge in [-0.05, 0) is 201 Å². The largest absolute Gasteiger partial charge is 0.488 e. The summed E-state index contributed by atoms with van der Waals surface area (Å²) in [6.07, 6.45) is 0. The molecule has 0 fully saturated rings. The molecule has 0 amide bonds. The molecule has 0 unspecified atom stereocenters. The molecule has 2 nitrogen and oxygen atoms in total. The van der Waals surface area contributed by atoms with Gasteiger partial charge < -0.3 is 10.0 Å². The van der Waals surface area contributed by atoms with Gasteiger partial charge in [-0.2, -0.15) is 0 Å². The van der Waals surface area contributed by atoms with E-state index in [0.29, 0.717) is 5.46 Å². The molecule has 18 aromatic carbocycles. The van der Waals surface area contributed by atoms with Crippen molar-refractivity contribution in [2.24, 2.45) is 0 Å². The first-order valence-electron chi connectivity index (χ1n) is 32.7. The maximum absolute atomic E-state index is 8.94. The van der Waals surface area contributed by atoms with Crippen LogP contribution < -0.4 is 5.46 Å². The van der Waals surface area contributed by atoms with Crippen LogP contribution in [0, 0.1) is 0 Å². The summed E-state index contributed by atoms with van der Waals surface area (Å²) >= 11 is 7.79. The number of rotatable bonds is 8. The molecular weight excluding hydrogens is 1310 g/mol. The van der Waals surface area contributed by atoms with Crippen LogP contribution >= 0.6 is 31.9 Å². The van der Waals surface area contributed by atoms with Crippen LogP contribution in [-0.4, -0.2) is 17.2 Å². The van der Waals surface area contributed by atoms with E-state index in [-0.39, 0.29) is 0 Å². The van der Waals surface area contributed by atoms with Gasteiger partial charge in [0.1, 0.15) is 0 Å². The Kier molecular flexibility index (Phi) is 16.7. The van der Waals surface area contributed by atoms with Crippen LogP contribution in [0.3, 0.4) is 0 Å². The minimum Gasteiger partial charge on any atom is -0.423 e. The molecule has 18 rings (SSSR count). The topological polar surface area (TPSA) is 40.5 Å². The molecule has 458 valence electrons. The van der Waals surface area contributed by atoms with E-state index in [0.717, 1.165) is 20.1 Å². The van der Waals surface area contributed by atoms with Crippen LogP contribution in [0.5, 0.6) is 0 Å². The van der Waals surface area contributed by atoms with Gasteiger partial charge in [-0.25, -0.2) is 0 Å². The third-order valence-corrected chi connectivity index (χ3v) is 20.7. The molecule has 0 spiro atoms. The molecule has 0 aromatic heterocycles. The van der Waals surface area contributed by atoms with Gasteiger partial charge in [-0.15, -0.1) is 0 Å². The van der Waals surface area contributed by atoms with Crippen LogP contribution in [0.4, 0.5) is 0 Å². The molecule has 0 saturated carbocycles. The Balaban J connectivity index is 0.000000137. The summed E-state index contributed by atoms with van der Waals surface area (Å²) in [7, 11) is -1.39. The molecule has 2 N–H and O–H groups in total. The first-order chi connectivity index (χ1) is 47.9. The smallest absolute Gasteiger partial charge is 0.423 e. The summed E-state index contributed by atoms with van der Waals surface area (Å²) < 4.78 is 2.31. The molecular formula is C92H61BBr2O2. The molecule has 0 bridgehead atoms. The predicted octanol–water partition coefficient (Wildman–Crippen LogP) is 25.2. The third-order valence-electron chi connectivity index (χ3n) is 19.0. The fraction of sp³-hybridized carbons (Fsp3) is 0. The van der Waals surface area contributed by atoms with E-state index in [1.165, 1.54) is 153 Å². The van der Waals surface area contributed by atoms with Crippen molar-refractivity contribution >= 4 is 131 Å². The quantitative estimate of drug-likeness (QED) is 0.118. The summed E-state index contributed by atoms with van der Waals surface area (Å²) in [4.78, 5) is 0. The van der Waals surface area contributed by atoms with Crippen molar-refractivity contribution in [3.8, 4) is 77.9 Å². The lowest BCUT2D eigenvalue weighted by molar-refractivity contribution is 0.426. The normalized spacial score (nSPS) is 11.3. The van der Waals surface area contributed by atoms with Gasteiger partial charge in [0.25, 0.3) is 0 Å². The fourth-order valence-electron chi connectivity index (χ4n) is 14.5. The first kappa shape index (κ1) is 60.9. The minimum atomic E-state index is -1.39. The van der Waals surface area contributed by atoms with E-state index >= 15 is 0 Å². The lowest BCUT2D eigenvalue weighted by Crippen LogP contribution is -2.29. The van der Waals surface area contributed by atoms with Gasteiger partial charge in [-0.1, -0.05) is 358 Å². The van der Waals surface area contributed by atoms with Crippen molar-refractivity contribution in [1.29, 1.82) is 0 Å². The van der Waals surface area contributed by atoms with Crippen LogP contribution in [-0.2, 0) is 0 Å². The van der Waals surface area contributed by atoms with E-state index in [2.05, 4.69) is 335 Å². The van der Waals surface area contributed by atoms with Crippen LogP contribution in [0.1, 0.15) is 0 Å². The van der Waals surface area contributed by atoms with E-state index in [9.17, 15) is 0 Å². The second-order valence-corrected chi connectivity index (χ2v) is 26.1. The van der Waals surface area contributed by atoms with E-state index in [4.69, 9.17) is 10.0 Å². The van der Waals surface area contributed by atoms with Crippen LogP contribution in [0.15, 0.2) is 367 Å². The van der Waals surface area contributed by atoms with Gasteiger partial charge in [0, 0.05) is 8.95 Å².